The van der Waals surface area contributed by atoms with Gasteiger partial charge >= 0.3 is 255 Å². The molecule has 0 aliphatic heterocycles. The van der Waals surface area contributed by atoms with Gasteiger partial charge in [-0.15, -0.1) is 0 Å². The Balaban J connectivity index is -0.00000130. The second-order valence-electron chi connectivity index (χ2n) is 11.2. The van der Waals surface area contributed by atoms with E-state index in [0.29, 0.717) is 17.8 Å². The zero-order chi connectivity index (χ0) is 32.6. The van der Waals surface area contributed by atoms with E-state index in [1.165, 1.54) is 24.0 Å². The first-order valence-corrected chi connectivity index (χ1v) is 13.5. The van der Waals surface area contributed by atoms with Crippen LogP contribution in [0.4, 0.5) is 0 Å². The molecule has 1 aliphatic carbocycles. The normalized spacial score (nSPS) is 17.9. The second kappa shape index (κ2) is 24.1. The van der Waals surface area contributed by atoms with Crippen LogP contribution in [0, 0.1) is 50.5 Å². The molecule has 3 rings (SSSR count). The molecule has 2 aromatic carbocycles. The maximum absolute atomic E-state index is 7.50. The van der Waals surface area contributed by atoms with E-state index in [9.17, 15) is 0 Å². The van der Waals surface area contributed by atoms with Gasteiger partial charge in [0.05, 0.1) is 0 Å². The minimum atomic E-state index is 0.0925. The van der Waals surface area contributed by atoms with Crippen molar-refractivity contribution < 1.29 is 43.8 Å². The third kappa shape index (κ3) is 14.8. The van der Waals surface area contributed by atoms with Crippen molar-refractivity contribution in [3.05, 3.63) is 105 Å². The molecule has 1 fully saturated rings. The van der Waals surface area contributed by atoms with Crippen LogP contribution < -0.4 is 0 Å². The Bertz CT molecular complexity index is 1030. The molecular formula is C34H40CrO6. The van der Waals surface area contributed by atoms with Gasteiger partial charge in [0.25, 0.3) is 0 Å². The van der Waals surface area contributed by atoms with Crippen molar-refractivity contribution in [3.63, 3.8) is 0 Å². The molecule has 0 heterocycles. The Hall–Kier alpha value is -2.50. The summed E-state index contributed by atoms with van der Waals surface area (Å²) >= 11 is 3.32. The second-order valence-corrected chi connectivity index (χ2v) is 11.9. The molecule has 0 spiro atoms. The van der Waals surface area contributed by atoms with Crippen LogP contribution in [0.2, 0.25) is 0 Å². The molecule has 1 aliphatic rings. The Morgan fingerprint density at radius 1 is 0.780 bits per heavy atom. The SMILES string of the molecule is C[C@@H]1CC[C@@H](C(C)(C)c2ccccc2)[C@H](O[C](=[Cr])C[C@@H](c2ccccc2)C(C)(C)C)C1.[C-]#[O+].[C-]#[O+].[C-]#[O+].[C-]#[O+].[C-]#[O+]. The first kappa shape index (κ1) is 43.0. The average Bonchev–Trinajstić information content (AvgIpc) is 3.01. The molecule has 6 nitrogen and oxygen atoms in total. The monoisotopic (exact) mass is 596 g/mol. The average molecular weight is 597 g/mol. The number of benzene rings is 2. The van der Waals surface area contributed by atoms with Gasteiger partial charge in [0.1, 0.15) is 0 Å². The van der Waals surface area contributed by atoms with Crippen LogP contribution in [0.15, 0.2) is 60.7 Å². The van der Waals surface area contributed by atoms with Gasteiger partial charge in [-0.1, -0.05) is 0 Å². The van der Waals surface area contributed by atoms with Gasteiger partial charge in [-0.3, -0.25) is 0 Å². The van der Waals surface area contributed by atoms with E-state index >= 15 is 0 Å². The molecule has 2 aromatic rings. The van der Waals surface area contributed by atoms with Crippen LogP contribution in [0.25, 0.3) is 0 Å². The van der Waals surface area contributed by atoms with Crippen LogP contribution in [0.3, 0.4) is 0 Å². The van der Waals surface area contributed by atoms with E-state index in [0.717, 1.165) is 17.4 Å². The summed E-state index contributed by atoms with van der Waals surface area (Å²) in [5.74, 6) is 1.65. The predicted octanol–water partition coefficient (Wildman–Crippen LogP) is 7.49. The van der Waals surface area contributed by atoms with Crippen molar-refractivity contribution in [2.45, 2.75) is 84.7 Å². The molecular weight excluding hydrogens is 556 g/mol. The molecule has 0 amide bonds. The summed E-state index contributed by atoms with van der Waals surface area (Å²) in [5, 5.41) is 0. The van der Waals surface area contributed by atoms with Crippen molar-refractivity contribution in [2.24, 2.45) is 17.3 Å². The third-order valence-corrected chi connectivity index (χ3v) is 7.81. The zero-order valence-electron chi connectivity index (χ0n) is 24.8. The Kier molecular flexibility index (Phi) is 25.3. The first-order valence-electron chi connectivity index (χ1n) is 12.9. The Labute approximate surface area is 254 Å². The van der Waals surface area contributed by atoms with Gasteiger partial charge in [0.15, 0.2) is 0 Å². The molecule has 0 unspecified atom stereocenters. The van der Waals surface area contributed by atoms with E-state index < -0.39 is 0 Å². The fraction of sp³-hybridized carbons (Fsp3) is 0.471. The standard InChI is InChI=1S/C29H40O.5CO.Cr/c1-22-17-18-26(29(5,6)24-15-11-8-12-16-24)27(21-22)30-20-19-25(28(2,3)4)23-13-9-7-10-14-23;5*1-2;/h7-16,22,25-27H,17-19,21H2,1-6H3;;;;;;/t22-,25+,26-,27-;;;;;;/m1....../s1. The van der Waals surface area contributed by atoms with Crippen molar-refractivity contribution >= 4 is 4.57 Å². The molecule has 7 heteroatoms. The summed E-state index contributed by atoms with van der Waals surface area (Å²) in [4.78, 5) is 0. The van der Waals surface area contributed by atoms with Crippen molar-refractivity contribution in [1.29, 1.82) is 0 Å². The fourth-order valence-electron chi connectivity index (χ4n) is 5.36. The van der Waals surface area contributed by atoms with Gasteiger partial charge in [-0.05, 0) is 0 Å². The summed E-state index contributed by atoms with van der Waals surface area (Å²) in [6, 6.07) is 21.9. The Morgan fingerprint density at radius 3 is 1.66 bits per heavy atom. The van der Waals surface area contributed by atoms with Crippen LogP contribution >= 0.6 is 0 Å². The summed E-state index contributed by atoms with van der Waals surface area (Å²) in [5.41, 5.74) is 3.07. The molecule has 0 aromatic heterocycles. The zero-order valence-corrected chi connectivity index (χ0v) is 26.0. The summed E-state index contributed by atoms with van der Waals surface area (Å²) in [6.07, 6.45) is 4.83. The van der Waals surface area contributed by atoms with Crippen LogP contribution in [-0.2, 0) is 49.3 Å². The fourth-order valence-corrected chi connectivity index (χ4v) is 5.81. The predicted molar refractivity (Wildman–Crippen MR) is 149 cm³/mol. The summed E-state index contributed by atoms with van der Waals surface area (Å²) in [6.45, 7) is 36.7. The molecule has 41 heavy (non-hydrogen) atoms. The molecule has 0 saturated heterocycles. The van der Waals surface area contributed by atoms with Crippen LogP contribution in [0.5, 0.6) is 0 Å². The van der Waals surface area contributed by atoms with Gasteiger partial charge in [0, 0.05) is 0 Å². The molecule has 4 atom stereocenters. The van der Waals surface area contributed by atoms with Gasteiger partial charge in [0.2, 0.25) is 0 Å². The van der Waals surface area contributed by atoms with Gasteiger partial charge < -0.3 is 0 Å². The minimum absolute atomic E-state index is 0.0925. The van der Waals surface area contributed by atoms with Crippen molar-refractivity contribution in [1.82, 2.24) is 0 Å². The number of rotatable bonds is 7. The van der Waals surface area contributed by atoms with Gasteiger partial charge in [-0.2, -0.15) is 0 Å². The first-order chi connectivity index (χ1) is 19.6. The van der Waals surface area contributed by atoms with Crippen molar-refractivity contribution in [2.75, 3.05) is 0 Å². The Morgan fingerprint density at radius 2 is 1.22 bits per heavy atom. The van der Waals surface area contributed by atoms with E-state index in [1.807, 2.05) is 0 Å². The molecule has 218 valence electrons. The van der Waals surface area contributed by atoms with Crippen LogP contribution in [-0.4, -0.2) is 10.7 Å². The molecule has 1 saturated carbocycles. The van der Waals surface area contributed by atoms with E-state index in [4.69, 9.17) is 28.0 Å². The van der Waals surface area contributed by atoms with E-state index in [-0.39, 0.29) is 16.9 Å². The topological polar surface area (TPSA) is 109 Å². The number of hydrogen-bond acceptors (Lipinski definition) is 1. The van der Waals surface area contributed by atoms with Crippen molar-refractivity contribution in [3.8, 4) is 0 Å². The van der Waals surface area contributed by atoms with Crippen LogP contribution in [0.1, 0.15) is 84.3 Å². The van der Waals surface area contributed by atoms with Gasteiger partial charge in [-0.25, -0.2) is 0 Å². The summed E-state index contributed by atoms with van der Waals surface area (Å²) < 4.78 is 45.4. The molecule has 0 N–H and O–H groups in total. The number of ether oxygens (including phenoxy) is 1. The third-order valence-electron chi connectivity index (χ3n) is 7.40. The van der Waals surface area contributed by atoms with E-state index in [2.05, 4.69) is 151 Å². The molecule has 0 radical (unpaired) electrons. The summed E-state index contributed by atoms with van der Waals surface area (Å²) in [7, 11) is 0. The van der Waals surface area contributed by atoms with E-state index in [1.54, 1.807) is 0 Å². The maximum atomic E-state index is 7.50. The number of hydrogen-bond donors (Lipinski definition) is 0. The molecule has 0 bridgehead atoms. The quantitative estimate of drug-likeness (QED) is 0.239.